The van der Waals surface area contributed by atoms with Gasteiger partial charge in [-0.1, -0.05) is 0 Å². The fourth-order valence-electron chi connectivity index (χ4n) is 5.73. The largest absolute Gasteiger partial charge is 0.390 e. The summed E-state index contributed by atoms with van der Waals surface area (Å²) >= 11 is 0. The summed E-state index contributed by atoms with van der Waals surface area (Å²) in [5.41, 5.74) is -0.591. The van der Waals surface area contributed by atoms with E-state index in [1.807, 2.05) is 0 Å². The average molecular weight is 765 g/mol. The second-order valence-corrected chi connectivity index (χ2v) is 18.2. The zero-order valence-corrected chi connectivity index (χ0v) is 31.1. The Balaban J connectivity index is 1.50. The molecule has 1 aliphatic carbocycles. The zero-order chi connectivity index (χ0) is 38.5. The fourth-order valence-corrected chi connectivity index (χ4v) is 6.50. The van der Waals surface area contributed by atoms with Gasteiger partial charge in [0, 0.05) is 12.5 Å². The normalized spacial score (nSPS) is 41.0. The second-order valence-electron chi connectivity index (χ2n) is 15.6. The number of aliphatic hydroxyl groups excluding tert-OH is 9. The first-order valence-electron chi connectivity index (χ1n) is 17.5. The van der Waals surface area contributed by atoms with Crippen molar-refractivity contribution in [3.05, 3.63) is 0 Å². The van der Waals surface area contributed by atoms with E-state index in [4.69, 9.17) is 32.9 Å². The van der Waals surface area contributed by atoms with Crippen molar-refractivity contribution in [3.8, 4) is 0 Å². The summed E-state index contributed by atoms with van der Waals surface area (Å²) < 4.78 is 51.4. The van der Waals surface area contributed by atoms with Gasteiger partial charge in [-0.15, -0.1) is 0 Å². The van der Waals surface area contributed by atoms with Crippen LogP contribution in [0.5, 0.6) is 0 Å². The highest BCUT2D eigenvalue weighted by Gasteiger charge is 2.49. The van der Waals surface area contributed by atoms with Gasteiger partial charge < -0.3 is 83.8 Å². The smallest absolute Gasteiger partial charge is 0.333 e. The van der Waals surface area contributed by atoms with E-state index in [1.165, 1.54) is 0 Å². The van der Waals surface area contributed by atoms with Gasteiger partial charge in [-0.2, -0.15) is 0 Å². The molecule has 0 aromatic rings. The van der Waals surface area contributed by atoms with Crippen molar-refractivity contribution in [1.29, 1.82) is 0 Å². The Morgan fingerprint density at radius 2 is 1.08 bits per heavy atom. The summed E-state index contributed by atoms with van der Waals surface area (Å²) in [5.74, 6) is -0.807. The summed E-state index contributed by atoms with van der Waals surface area (Å²) in [6, 6.07) is 0. The average Bonchev–Trinajstić information content (AvgIpc) is 3.04. The van der Waals surface area contributed by atoms with Crippen LogP contribution < -0.4 is 0 Å². The van der Waals surface area contributed by atoms with E-state index in [9.17, 15) is 55.4 Å². The molecule has 0 spiro atoms. The molecule has 0 aromatic carbocycles. The molecule has 0 amide bonds. The van der Waals surface area contributed by atoms with Gasteiger partial charge in [0.25, 0.3) is 0 Å². The fraction of sp³-hybridized carbons (Fsp3) is 1.00. The van der Waals surface area contributed by atoms with Crippen LogP contribution in [0.2, 0.25) is 0 Å². The predicted octanol–water partition coefficient (Wildman–Crippen LogP) is -1.89. The van der Waals surface area contributed by atoms with Crippen molar-refractivity contribution >= 4 is 7.60 Å². The number of unbranched alkanes of at least 4 members (excludes halogenated alkanes) is 2. The maximum absolute atomic E-state index is 12.2. The van der Waals surface area contributed by atoms with Gasteiger partial charge in [-0.25, -0.2) is 0 Å². The summed E-state index contributed by atoms with van der Waals surface area (Å²) in [7, 11) is -3.76. The molecule has 3 aliphatic rings. The minimum absolute atomic E-state index is 0.0491. The molecular weight excluding hydrogens is 703 g/mol. The zero-order valence-electron chi connectivity index (χ0n) is 30.2. The number of aliphatic hydroxyl groups is 9. The van der Waals surface area contributed by atoms with Crippen LogP contribution >= 0.6 is 7.60 Å². The highest BCUT2D eigenvalue weighted by atomic mass is 31.2. The lowest BCUT2D eigenvalue weighted by molar-refractivity contribution is -0.335. The van der Waals surface area contributed by atoms with Crippen LogP contribution in [0, 0.1) is 5.92 Å². The Labute approximate surface area is 298 Å². The van der Waals surface area contributed by atoms with Gasteiger partial charge in [0.1, 0.15) is 61.0 Å². The molecule has 16 atom stereocenters. The van der Waals surface area contributed by atoms with Gasteiger partial charge in [0.15, 0.2) is 12.6 Å². The summed E-state index contributed by atoms with van der Waals surface area (Å²) in [4.78, 5) is 9.99. The Kier molecular flexibility index (Phi) is 16.7. The topological polar surface area (TPSA) is 284 Å². The lowest BCUT2D eigenvalue weighted by atomic mass is 9.81. The number of rotatable bonds is 16. The van der Waals surface area contributed by atoms with Crippen LogP contribution in [0.25, 0.3) is 0 Å². The van der Waals surface area contributed by atoms with E-state index in [1.54, 1.807) is 41.5 Å². The molecule has 0 bridgehead atoms. The molecule has 3 fully saturated rings. The van der Waals surface area contributed by atoms with Crippen LogP contribution in [-0.2, 0) is 37.5 Å². The van der Waals surface area contributed by atoms with Gasteiger partial charge in [0.2, 0.25) is 0 Å². The lowest BCUT2D eigenvalue weighted by Gasteiger charge is -2.44. The Hall–Kier alpha value is -0.450. The van der Waals surface area contributed by atoms with Crippen LogP contribution in [0.15, 0.2) is 0 Å². The van der Waals surface area contributed by atoms with Gasteiger partial charge in [-0.05, 0) is 67.2 Å². The van der Waals surface area contributed by atoms with Crippen molar-refractivity contribution < 1.29 is 88.4 Å². The van der Waals surface area contributed by atoms with Crippen molar-refractivity contribution in [2.45, 2.75) is 164 Å². The molecular formula is C32H61O18P. The van der Waals surface area contributed by atoms with E-state index in [-0.39, 0.29) is 32.8 Å². The van der Waals surface area contributed by atoms with E-state index in [0.717, 1.165) is 0 Å². The number of hydrogen-bond donors (Lipinski definition) is 10. The lowest BCUT2D eigenvalue weighted by Crippen LogP contribution is -2.62. The third-order valence-corrected chi connectivity index (χ3v) is 11.5. The molecule has 3 rings (SSSR count). The first-order valence-corrected chi connectivity index (χ1v) is 19.0. The van der Waals surface area contributed by atoms with E-state index >= 15 is 0 Å². The minimum Gasteiger partial charge on any atom is -0.390 e. The molecule has 16 unspecified atom stereocenters. The standard InChI is InChI=1S/C32H61O18P/c1-31(2,3)47-15-19-23(36)26(39)28(41)30(50-19)46-14-18-22(35)25(38)27(40)29(49-18)45-13-16-12-17(21(34)24(37)20(16)33)44-10-8-7-9-11-48-51(42,43)32(4,5)6/h16-30,33-41H,7-15H2,1-6H3,(H,42,43). The van der Waals surface area contributed by atoms with Crippen LogP contribution in [0.4, 0.5) is 0 Å². The number of hydrogen-bond acceptors (Lipinski definition) is 17. The van der Waals surface area contributed by atoms with Gasteiger partial charge in [0.05, 0.1) is 49.4 Å². The van der Waals surface area contributed by atoms with Crippen LogP contribution in [-0.4, -0.2) is 180 Å². The highest BCUT2D eigenvalue weighted by Crippen LogP contribution is 2.54. The summed E-state index contributed by atoms with van der Waals surface area (Å²) in [5, 5.41) is 93.7. The van der Waals surface area contributed by atoms with Crippen molar-refractivity contribution in [2.24, 2.45) is 5.92 Å². The summed E-state index contributed by atoms with van der Waals surface area (Å²) in [6.07, 6.45) is -19.1. The number of ether oxygens (including phenoxy) is 6. The third kappa shape index (κ3) is 12.3. The Morgan fingerprint density at radius 3 is 1.61 bits per heavy atom. The second kappa shape index (κ2) is 18.9. The summed E-state index contributed by atoms with van der Waals surface area (Å²) in [6.45, 7) is 9.51. The molecule has 10 N–H and O–H groups in total. The van der Waals surface area contributed by atoms with Crippen molar-refractivity contribution in [2.75, 3.05) is 33.0 Å². The molecule has 0 aromatic heterocycles. The first kappa shape index (κ1) is 44.9. The quantitative estimate of drug-likeness (QED) is 0.0607. The molecule has 1 saturated carbocycles. The Bertz CT molecular complexity index is 1090. The molecule has 51 heavy (non-hydrogen) atoms. The third-order valence-electron chi connectivity index (χ3n) is 9.25. The van der Waals surface area contributed by atoms with Crippen molar-refractivity contribution in [1.82, 2.24) is 0 Å². The van der Waals surface area contributed by atoms with E-state index < -0.39 is 117 Å². The monoisotopic (exact) mass is 764 g/mol. The molecule has 2 heterocycles. The molecule has 2 saturated heterocycles. The highest BCUT2D eigenvalue weighted by molar-refractivity contribution is 7.54. The maximum atomic E-state index is 12.2. The SMILES string of the molecule is CC(C)(C)OCC1OC(OCC2OC(OCC3CC(OCCCCCOP(=O)(O)C(C)(C)C)C(O)C(O)C3O)C(O)C(O)C2O)C(O)C(O)C1O. The van der Waals surface area contributed by atoms with Gasteiger partial charge >= 0.3 is 7.60 Å². The molecule has 18 nitrogen and oxygen atoms in total. The minimum atomic E-state index is -3.76. The van der Waals surface area contributed by atoms with Gasteiger partial charge in [-0.3, -0.25) is 4.57 Å². The molecule has 19 heteroatoms. The predicted molar refractivity (Wildman–Crippen MR) is 176 cm³/mol. The maximum Gasteiger partial charge on any atom is 0.333 e. The molecule has 302 valence electrons. The van der Waals surface area contributed by atoms with E-state index in [0.29, 0.717) is 19.3 Å². The van der Waals surface area contributed by atoms with Crippen LogP contribution in [0.3, 0.4) is 0 Å². The van der Waals surface area contributed by atoms with Crippen molar-refractivity contribution in [3.63, 3.8) is 0 Å². The molecule has 0 radical (unpaired) electrons. The Morgan fingerprint density at radius 1 is 0.588 bits per heavy atom. The molecule has 2 aliphatic heterocycles. The first-order chi connectivity index (χ1) is 23.6. The van der Waals surface area contributed by atoms with Crippen LogP contribution in [0.1, 0.15) is 67.2 Å². The van der Waals surface area contributed by atoms with E-state index in [2.05, 4.69) is 0 Å².